The van der Waals surface area contributed by atoms with Crippen molar-refractivity contribution in [3.8, 4) is 0 Å². The predicted octanol–water partition coefficient (Wildman–Crippen LogP) is 2.10. The summed E-state index contributed by atoms with van der Waals surface area (Å²) in [5.41, 5.74) is 2.35. The third-order valence-corrected chi connectivity index (χ3v) is 4.41. The van der Waals surface area contributed by atoms with E-state index >= 15 is 0 Å². The topological polar surface area (TPSA) is 85.0 Å². The number of nitrogens with one attached hydrogen (secondary N) is 1. The van der Waals surface area contributed by atoms with Gasteiger partial charge in [0.2, 0.25) is 5.91 Å². The average molecular weight is 367 g/mol. The van der Waals surface area contributed by atoms with Crippen LogP contribution in [-0.4, -0.2) is 50.4 Å². The summed E-state index contributed by atoms with van der Waals surface area (Å²) >= 11 is 6.11. The van der Waals surface area contributed by atoms with Crippen LogP contribution in [0.25, 0.3) is 0 Å². The summed E-state index contributed by atoms with van der Waals surface area (Å²) in [6.07, 6.45) is 1.71. The predicted molar refractivity (Wildman–Crippen MR) is 95.9 cm³/mol. The molecule has 0 bridgehead atoms. The van der Waals surface area contributed by atoms with Gasteiger partial charge >= 0.3 is 0 Å². The normalized spacial score (nSPS) is 10.8. The van der Waals surface area contributed by atoms with E-state index in [-0.39, 0.29) is 18.2 Å². The van der Waals surface area contributed by atoms with Gasteiger partial charge in [0.25, 0.3) is 5.91 Å². The molecule has 0 saturated heterocycles. The van der Waals surface area contributed by atoms with Crippen LogP contribution in [0.2, 0.25) is 5.02 Å². The molecule has 2 aromatic heterocycles. The Morgan fingerprint density at radius 3 is 2.48 bits per heavy atom. The third kappa shape index (κ3) is 4.01. The van der Waals surface area contributed by atoms with Crippen molar-refractivity contribution in [1.29, 1.82) is 0 Å². The van der Waals surface area contributed by atoms with Crippen LogP contribution in [0.4, 0.5) is 5.69 Å². The molecule has 2 rings (SSSR count). The Balaban J connectivity index is 2.09. The van der Waals surface area contributed by atoms with Crippen LogP contribution in [-0.2, 0) is 17.9 Å². The molecule has 0 aliphatic heterocycles. The zero-order valence-electron chi connectivity index (χ0n) is 15.1. The van der Waals surface area contributed by atoms with Crippen molar-refractivity contribution in [2.45, 2.75) is 40.3 Å². The number of carbonyl (C=O) groups excluding carboxylic acids is 2. The number of hydrogen-bond donors (Lipinski definition) is 1. The van der Waals surface area contributed by atoms with E-state index in [1.807, 2.05) is 20.8 Å². The number of amides is 2. The lowest BCUT2D eigenvalue weighted by Gasteiger charge is -2.13. The maximum Gasteiger partial charge on any atom is 0.273 e. The number of hydrogen-bond acceptors (Lipinski definition) is 4. The second-order valence-corrected chi connectivity index (χ2v) is 6.31. The minimum atomic E-state index is -0.216. The van der Waals surface area contributed by atoms with Gasteiger partial charge in [-0.05, 0) is 20.8 Å². The van der Waals surface area contributed by atoms with E-state index < -0.39 is 0 Å². The van der Waals surface area contributed by atoms with E-state index in [0.717, 1.165) is 11.4 Å². The summed E-state index contributed by atoms with van der Waals surface area (Å²) in [5, 5.41) is 11.8. The Bertz CT molecular complexity index is 793. The van der Waals surface area contributed by atoms with Crippen LogP contribution in [0.1, 0.15) is 35.2 Å². The van der Waals surface area contributed by atoms with Crippen LogP contribution in [0.3, 0.4) is 0 Å². The molecule has 0 atom stereocenters. The molecule has 2 aromatic rings. The van der Waals surface area contributed by atoms with Crippen molar-refractivity contribution in [2.24, 2.45) is 0 Å². The van der Waals surface area contributed by atoms with Gasteiger partial charge in [0, 0.05) is 27.1 Å². The number of aromatic nitrogens is 4. The van der Waals surface area contributed by atoms with Gasteiger partial charge in [0.15, 0.2) is 0 Å². The molecule has 2 amide bonds. The van der Waals surface area contributed by atoms with Crippen molar-refractivity contribution in [2.75, 3.05) is 19.4 Å². The highest BCUT2D eigenvalue weighted by Gasteiger charge is 2.21. The van der Waals surface area contributed by atoms with E-state index in [1.54, 1.807) is 23.5 Å². The minimum Gasteiger partial charge on any atom is -0.343 e. The summed E-state index contributed by atoms with van der Waals surface area (Å²) in [4.78, 5) is 26.1. The summed E-state index contributed by atoms with van der Waals surface area (Å²) < 4.78 is 3.28. The molecule has 9 heteroatoms. The lowest BCUT2D eigenvalue weighted by molar-refractivity contribution is -0.116. The molecule has 0 aliphatic rings. The van der Waals surface area contributed by atoms with Gasteiger partial charge in [0.1, 0.15) is 5.69 Å². The lowest BCUT2D eigenvalue weighted by Crippen LogP contribution is -2.26. The highest BCUT2D eigenvalue weighted by Crippen LogP contribution is 2.20. The zero-order chi connectivity index (χ0) is 18.7. The van der Waals surface area contributed by atoms with E-state index in [1.165, 1.54) is 11.1 Å². The molecule has 0 unspecified atom stereocenters. The van der Waals surface area contributed by atoms with Crippen molar-refractivity contribution < 1.29 is 9.59 Å². The first-order valence-electron chi connectivity index (χ1n) is 8.03. The molecule has 136 valence electrons. The van der Waals surface area contributed by atoms with Crippen molar-refractivity contribution in [1.82, 2.24) is 24.5 Å². The van der Waals surface area contributed by atoms with Crippen molar-refractivity contribution >= 4 is 29.1 Å². The number of nitrogens with zero attached hydrogens (tertiary/aromatic N) is 5. The van der Waals surface area contributed by atoms with Gasteiger partial charge in [-0.1, -0.05) is 11.6 Å². The Hall–Kier alpha value is -2.35. The summed E-state index contributed by atoms with van der Waals surface area (Å²) in [7, 11) is 3.32. The number of rotatable bonds is 6. The quantitative estimate of drug-likeness (QED) is 0.848. The molecule has 1 N–H and O–H groups in total. The molecule has 0 saturated carbocycles. The lowest BCUT2D eigenvalue weighted by atomic mass is 10.3. The fraction of sp³-hybridized carbons (Fsp3) is 0.500. The van der Waals surface area contributed by atoms with Gasteiger partial charge in [-0.2, -0.15) is 10.2 Å². The van der Waals surface area contributed by atoms with Crippen LogP contribution >= 0.6 is 11.6 Å². The van der Waals surface area contributed by atoms with Crippen LogP contribution in [0.15, 0.2) is 6.20 Å². The van der Waals surface area contributed by atoms with Gasteiger partial charge in [0.05, 0.1) is 34.8 Å². The molecule has 25 heavy (non-hydrogen) atoms. The molecule has 0 radical (unpaired) electrons. The molecule has 0 aliphatic carbocycles. The van der Waals surface area contributed by atoms with Crippen LogP contribution in [0, 0.1) is 13.8 Å². The fourth-order valence-corrected chi connectivity index (χ4v) is 2.60. The SMILES string of the molecule is CCn1ncc(NC(=O)CCn2nc(C)c(Cl)c2C)c1C(=O)N(C)C. The first kappa shape index (κ1) is 19.0. The van der Waals surface area contributed by atoms with Gasteiger partial charge in [-0.15, -0.1) is 0 Å². The fourth-order valence-electron chi connectivity index (χ4n) is 2.47. The highest BCUT2D eigenvalue weighted by atomic mass is 35.5. The first-order chi connectivity index (χ1) is 11.8. The molecule has 2 heterocycles. The van der Waals surface area contributed by atoms with E-state index in [0.29, 0.717) is 29.5 Å². The maximum absolute atomic E-state index is 12.3. The molecule has 0 aromatic carbocycles. The molecule has 8 nitrogen and oxygen atoms in total. The second-order valence-electron chi connectivity index (χ2n) is 5.93. The second kappa shape index (κ2) is 7.69. The Morgan fingerprint density at radius 2 is 1.96 bits per heavy atom. The van der Waals surface area contributed by atoms with Gasteiger partial charge in [-0.3, -0.25) is 19.0 Å². The van der Waals surface area contributed by atoms with E-state index in [9.17, 15) is 9.59 Å². The smallest absolute Gasteiger partial charge is 0.273 e. The molecule has 0 fully saturated rings. The maximum atomic E-state index is 12.3. The number of anilines is 1. The van der Waals surface area contributed by atoms with Crippen molar-refractivity contribution in [3.63, 3.8) is 0 Å². The minimum absolute atomic E-state index is 0.208. The Morgan fingerprint density at radius 1 is 1.28 bits per heavy atom. The van der Waals surface area contributed by atoms with E-state index in [4.69, 9.17) is 11.6 Å². The average Bonchev–Trinajstić information content (AvgIpc) is 3.08. The third-order valence-electron chi connectivity index (χ3n) is 3.87. The van der Waals surface area contributed by atoms with Gasteiger partial charge < -0.3 is 10.2 Å². The number of aryl methyl sites for hydroxylation is 3. The van der Waals surface area contributed by atoms with Gasteiger partial charge in [-0.25, -0.2) is 0 Å². The van der Waals surface area contributed by atoms with Crippen molar-refractivity contribution in [3.05, 3.63) is 28.3 Å². The summed E-state index contributed by atoms with van der Waals surface area (Å²) in [6.45, 7) is 6.51. The standard InChI is InChI=1S/C16H23ClN6O2/c1-6-22-15(16(25)21(4)5)12(9-18-22)19-13(24)7-8-23-11(3)14(17)10(2)20-23/h9H,6-8H2,1-5H3,(H,19,24). The Kier molecular flexibility index (Phi) is 5.84. The zero-order valence-corrected chi connectivity index (χ0v) is 15.9. The molecule has 0 spiro atoms. The summed E-state index contributed by atoms with van der Waals surface area (Å²) in [5.74, 6) is -0.424. The monoisotopic (exact) mass is 366 g/mol. The Labute approximate surface area is 151 Å². The first-order valence-corrected chi connectivity index (χ1v) is 8.40. The van der Waals surface area contributed by atoms with Crippen LogP contribution < -0.4 is 5.32 Å². The highest BCUT2D eigenvalue weighted by molar-refractivity contribution is 6.31. The van der Waals surface area contributed by atoms with Crippen LogP contribution in [0.5, 0.6) is 0 Å². The number of carbonyl (C=O) groups is 2. The van der Waals surface area contributed by atoms with E-state index in [2.05, 4.69) is 15.5 Å². The summed E-state index contributed by atoms with van der Waals surface area (Å²) in [6, 6.07) is 0. The largest absolute Gasteiger partial charge is 0.343 e. The number of halogens is 1. The molecular weight excluding hydrogens is 344 g/mol. The molecular formula is C16H23ClN6O2.